The Hall–Kier alpha value is -2.76. The maximum atomic E-state index is 14.0. The van der Waals surface area contributed by atoms with Crippen LogP contribution in [0.1, 0.15) is 107 Å². The van der Waals surface area contributed by atoms with E-state index in [1.54, 1.807) is 26.2 Å². The molecule has 51 heavy (non-hydrogen) atoms. The number of carbonyl (C=O) groups excluding carboxylic acids is 4. The maximum absolute atomic E-state index is 14.0. The van der Waals surface area contributed by atoms with E-state index < -0.39 is 18.1 Å². The molecule has 11 heteroatoms. The van der Waals surface area contributed by atoms with Crippen LogP contribution in [-0.4, -0.2) is 123 Å². The molecular formula is C40H73N5O6. The highest BCUT2D eigenvalue weighted by Gasteiger charge is 2.42. The average Bonchev–Trinajstić information content (AvgIpc) is 3.57. The van der Waals surface area contributed by atoms with E-state index in [4.69, 9.17) is 9.47 Å². The lowest BCUT2D eigenvalue weighted by Crippen LogP contribution is -2.55. The van der Waals surface area contributed by atoms with Gasteiger partial charge >= 0.3 is 0 Å². The van der Waals surface area contributed by atoms with Crippen LogP contribution in [0.5, 0.6) is 0 Å². The molecule has 1 aliphatic carbocycles. The number of carbonyl (C=O) groups is 4. The standard InChI is InChI=1S/C37H65N5O6.C3H8/c1-12-25(4)34(41(9)32(44)23-38-37(46)33(24(2)3)40(7)8)30(47-10)22-31(43)42-20-16-19-29(42)35(48-11)27(6)36(45)39-26(5)21-28-17-14-13-15-18-28;1-3-2/h14,17-18,24-27,29-30,33-35H,12-13,15-16,19-23H2,1-11H3,(H,38,46)(H,39,45);3H2,1-2H3/t25?,26-,27?,29?,30?,33?,34?,35?;/m1./s1. The summed E-state index contributed by atoms with van der Waals surface area (Å²) in [4.78, 5) is 59.0. The van der Waals surface area contributed by atoms with Gasteiger partial charge in [0.05, 0.1) is 49.2 Å². The SMILES string of the molecule is CCC.CCC(C)C(C(CC(=O)N1CCCC1C(OC)C(C)C(=O)N[C@H](C)CC1=CCCC=C1)OC)N(C)C(=O)CNC(=O)C(C(C)C)N(C)C. The molecule has 2 rings (SSSR count). The van der Waals surface area contributed by atoms with E-state index in [2.05, 4.69) is 42.7 Å². The van der Waals surface area contributed by atoms with Crippen molar-refractivity contribution in [2.24, 2.45) is 17.8 Å². The topological polar surface area (TPSA) is 121 Å². The van der Waals surface area contributed by atoms with Crippen LogP contribution in [-0.2, 0) is 28.7 Å². The van der Waals surface area contributed by atoms with Gasteiger partial charge in [0.1, 0.15) is 0 Å². The number of rotatable bonds is 19. The molecule has 1 heterocycles. The first-order chi connectivity index (χ1) is 24.1. The summed E-state index contributed by atoms with van der Waals surface area (Å²) in [6, 6.07) is -1.01. The summed E-state index contributed by atoms with van der Waals surface area (Å²) in [5.41, 5.74) is 1.24. The van der Waals surface area contributed by atoms with Crippen LogP contribution in [0.3, 0.4) is 0 Å². The fraction of sp³-hybridized carbons (Fsp3) is 0.800. The zero-order chi connectivity index (χ0) is 38.8. The van der Waals surface area contributed by atoms with Crippen molar-refractivity contribution in [1.82, 2.24) is 25.3 Å². The third-order valence-corrected chi connectivity index (χ3v) is 10.2. The quantitative estimate of drug-likeness (QED) is 0.189. The zero-order valence-electron chi connectivity index (χ0n) is 34.3. The predicted octanol–water partition coefficient (Wildman–Crippen LogP) is 5.20. The Morgan fingerprint density at radius 2 is 1.61 bits per heavy atom. The van der Waals surface area contributed by atoms with Gasteiger partial charge in [0, 0.05) is 33.9 Å². The molecule has 1 fully saturated rings. The Bertz CT molecular complexity index is 1130. The molecule has 294 valence electrons. The van der Waals surface area contributed by atoms with Crippen molar-refractivity contribution in [3.05, 3.63) is 23.8 Å². The third kappa shape index (κ3) is 14.3. The lowest BCUT2D eigenvalue weighted by molar-refractivity contribution is -0.146. The predicted molar refractivity (Wildman–Crippen MR) is 206 cm³/mol. The number of ether oxygens (including phenoxy) is 2. The highest BCUT2D eigenvalue weighted by atomic mass is 16.5. The summed E-state index contributed by atoms with van der Waals surface area (Å²) in [5.74, 6) is -0.954. The van der Waals surface area contributed by atoms with Crippen molar-refractivity contribution in [1.29, 1.82) is 0 Å². The van der Waals surface area contributed by atoms with Gasteiger partial charge in [-0.05, 0) is 65.0 Å². The summed E-state index contributed by atoms with van der Waals surface area (Å²) in [7, 11) is 8.60. The van der Waals surface area contributed by atoms with Gasteiger partial charge in [-0.2, -0.15) is 0 Å². The molecule has 0 saturated carbocycles. The van der Waals surface area contributed by atoms with Crippen LogP contribution in [0.2, 0.25) is 0 Å². The van der Waals surface area contributed by atoms with E-state index in [1.165, 1.54) is 12.0 Å². The number of likely N-dealkylation sites (N-methyl/N-ethyl adjacent to an activating group) is 2. The lowest BCUT2D eigenvalue weighted by Gasteiger charge is -2.39. The maximum Gasteiger partial charge on any atom is 0.242 e. The molecule has 0 aromatic carbocycles. The van der Waals surface area contributed by atoms with Gasteiger partial charge in [0.2, 0.25) is 23.6 Å². The second kappa shape index (κ2) is 23.7. The lowest BCUT2D eigenvalue weighted by atomic mass is 9.90. The van der Waals surface area contributed by atoms with Crippen LogP contribution in [0.15, 0.2) is 23.8 Å². The second-order valence-electron chi connectivity index (χ2n) is 15.1. The molecule has 0 aromatic rings. The van der Waals surface area contributed by atoms with Gasteiger partial charge in [-0.1, -0.05) is 85.1 Å². The molecule has 2 N–H and O–H groups in total. The summed E-state index contributed by atoms with van der Waals surface area (Å²) < 4.78 is 11.9. The van der Waals surface area contributed by atoms with Crippen LogP contribution >= 0.6 is 0 Å². The van der Waals surface area contributed by atoms with Crippen molar-refractivity contribution in [2.45, 2.75) is 143 Å². The molecule has 7 unspecified atom stereocenters. The molecular weight excluding hydrogens is 646 g/mol. The molecule has 0 spiro atoms. The van der Waals surface area contributed by atoms with E-state index in [1.807, 2.05) is 65.4 Å². The van der Waals surface area contributed by atoms with E-state index >= 15 is 0 Å². The van der Waals surface area contributed by atoms with E-state index in [0.717, 1.165) is 38.5 Å². The molecule has 1 saturated heterocycles. The van der Waals surface area contributed by atoms with E-state index in [9.17, 15) is 19.2 Å². The molecule has 0 bridgehead atoms. The molecule has 0 radical (unpaired) electrons. The monoisotopic (exact) mass is 720 g/mol. The molecule has 8 atom stereocenters. The first-order valence-corrected chi connectivity index (χ1v) is 19.3. The minimum atomic E-state index is -0.561. The van der Waals surface area contributed by atoms with Crippen molar-refractivity contribution in [3.63, 3.8) is 0 Å². The fourth-order valence-corrected chi connectivity index (χ4v) is 7.45. The minimum absolute atomic E-state index is 0.0228. The third-order valence-electron chi connectivity index (χ3n) is 10.2. The number of amides is 4. The van der Waals surface area contributed by atoms with Gasteiger partial charge in [0.15, 0.2) is 0 Å². The highest BCUT2D eigenvalue weighted by molar-refractivity contribution is 5.87. The Morgan fingerprint density at radius 1 is 0.961 bits per heavy atom. The van der Waals surface area contributed by atoms with Crippen LogP contribution < -0.4 is 10.6 Å². The van der Waals surface area contributed by atoms with E-state index in [0.29, 0.717) is 6.54 Å². The smallest absolute Gasteiger partial charge is 0.242 e. The van der Waals surface area contributed by atoms with Crippen LogP contribution in [0, 0.1) is 17.8 Å². The summed E-state index contributed by atoms with van der Waals surface area (Å²) in [5, 5.41) is 5.98. The Morgan fingerprint density at radius 3 is 2.12 bits per heavy atom. The number of methoxy groups -OCH3 is 2. The number of nitrogens with one attached hydrogen (secondary N) is 2. The number of hydrogen-bond donors (Lipinski definition) is 2. The molecule has 2 aliphatic rings. The zero-order valence-corrected chi connectivity index (χ0v) is 34.3. The number of likely N-dealkylation sites (tertiary alicyclic amines) is 1. The van der Waals surface area contributed by atoms with Gasteiger partial charge in [-0.15, -0.1) is 0 Å². The number of allylic oxidation sites excluding steroid dienone is 3. The molecule has 4 amide bonds. The number of nitrogens with zero attached hydrogens (tertiary/aromatic N) is 3. The molecule has 1 aliphatic heterocycles. The molecule has 0 aromatic heterocycles. The Kier molecular flexibility index (Phi) is 21.5. The van der Waals surface area contributed by atoms with Crippen molar-refractivity contribution < 1.29 is 28.7 Å². The summed E-state index contributed by atoms with van der Waals surface area (Å²) >= 11 is 0. The van der Waals surface area contributed by atoms with Crippen molar-refractivity contribution in [3.8, 4) is 0 Å². The van der Waals surface area contributed by atoms with Crippen molar-refractivity contribution >= 4 is 23.6 Å². The second-order valence-corrected chi connectivity index (χ2v) is 15.1. The van der Waals surface area contributed by atoms with E-state index in [-0.39, 0.29) is 72.6 Å². The van der Waals surface area contributed by atoms with Gasteiger partial charge in [0.25, 0.3) is 0 Å². The van der Waals surface area contributed by atoms with Crippen LogP contribution in [0.25, 0.3) is 0 Å². The minimum Gasteiger partial charge on any atom is -0.379 e. The van der Waals surface area contributed by atoms with Gasteiger partial charge in [-0.25, -0.2) is 0 Å². The van der Waals surface area contributed by atoms with Gasteiger partial charge < -0.3 is 29.9 Å². The highest BCUT2D eigenvalue weighted by Crippen LogP contribution is 2.29. The summed E-state index contributed by atoms with van der Waals surface area (Å²) in [6.07, 6.45) is 12.0. The largest absolute Gasteiger partial charge is 0.379 e. The average molecular weight is 720 g/mol. The molecule has 11 nitrogen and oxygen atoms in total. The first kappa shape index (κ1) is 46.3. The van der Waals surface area contributed by atoms with Crippen molar-refractivity contribution in [2.75, 3.05) is 48.5 Å². The van der Waals surface area contributed by atoms with Crippen LogP contribution in [0.4, 0.5) is 0 Å². The Labute approximate surface area is 310 Å². The number of hydrogen-bond acceptors (Lipinski definition) is 7. The first-order valence-electron chi connectivity index (χ1n) is 19.3. The summed E-state index contributed by atoms with van der Waals surface area (Å²) in [6.45, 7) is 16.6. The van der Waals surface area contributed by atoms with Gasteiger partial charge in [-0.3, -0.25) is 24.1 Å². The fourth-order valence-electron chi connectivity index (χ4n) is 7.45. The normalized spacial score (nSPS) is 19.9. The Balaban J connectivity index is 0.00000418.